The summed E-state index contributed by atoms with van der Waals surface area (Å²) in [6.45, 7) is 2.82. The summed E-state index contributed by atoms with van der Waals surface area (Å²) in [6.07, 6.45) is 0.631. The zero-order chi connectivity index (χ0) is 21.0. The SMILES string of the molecule is CCCOC(=O)C1=C(C)N(C)C(CF)=C(C(=O)OC)C1c1cccc(Cl)c1Cl. The van der Waals surface area contributed by atoms with Gasteiger partial charge in [0, 0.05) is 12.7 Å². The lowest BCUT2D eigenvalue weighted by Crippen LogP contribution is -2.35. The van der Waals surface area contributed by atoms with Gasteiger partial charge in [-0.3, -0.25) is 0 Å². The number of hydrogen-bond acceptors (Lipinski definition) is 5. The van der Waals surface area contributed by atoms with Crippen LogP contribution < -0.4 is 0 Å². The van der Waals surface area contributed by atoms with Gasteiger partial charge in [0.15, 0.2) is 0 Å². The fourth-order valence-corrected chi connectivity index (χ4v) is 3.60. The molecule has 0 amide bonds. The molecular formula is C20H22Cl2FNO4. The number of benzene rings is 1. The lowest BCUT2D eigenvalue weighted by Gasteiger charge is -2.36. The van der Waals surface area contributed by atoms with Gasteiger partial charge in [0.1, 0.15) is 6.67 Å². The van der Waals surface area contributed by atoms with Gasteiger partial charge in [0.2, 0.25) is 0 Å². The molecule has 1 aromatic carbocycles. The molecule has 8 heteroatoms. The summed E-state index contributed by atoms with van der Waals surface area (Å²) in [4.78, 5) is 27.0. The largest absolute Gasteiger partial charge is 0.466 e. The first-order valence-corrected chi connectivity index (χ1v) is 9.48. The Morgan fingerprint density at radius 2 is 1.89 bits per heavy atom. The van der Waals surface area contributed by atoms with Gasteiger partial charge in [-0.25, -0.2) is 14.0 Å². The monoisotopic (exact) mass is 429 g/mol. The Bertz CT molecular complexity index is 851. The molecule has 0 aliphatic carbocycles. The van der Waals surface area contributed by atoms with Crippen LogP contribution in [0.3, 0.4) is 0 Å². The molecule has 2 rings (SSSR count). The second kappa shape index (κ2) is 9.43. The maximum atomic E-state index is 13.9. The summed E-state index contributed by atoms with van der Waals surface area (Å²) < 4.78 is 24.2. The van der Waals surface area contributed by atoms with E-state index in [-0.39, 0.29) is 33.5 Å². The molecule has 0 fully saturated rings. The summed E-state index contributed by atoms with van der Waals surface area (Å²) in [7, 11) is 2.78. The Hall–Kier alpha value is -2.05. The minimum atomic E-state index is -0.968. The predicted molar refractivity (Wildman–Crippen MR) is 106 cm³/mol. The van der Waals surface area contributed by atoms with Crippen molar-refractivity contribution in [3.63, 3.8) is 0 Å². The molecule has 1 unspecified atom stereocenters. The molecule has 1 aliphatic rings. The van der Waals surface area contributed by atoms with Crippen molar-refractivity contribution >= 4 is 35.1 Å². The third-order valence-corrected chi connectivity index (χ3v) is 5.50. The van der Waals surface area contributed by atoms with Crippen molar-refractivity contribution in [3.05, 3.63) is 56.3 Å². The molecule has 1 heterocycles. The Labute approximate surface area is 173 Å². The molecule has 0 N–H and O–H groups in total. The van der Waals surface area contributed by atoms with Crippen LogP contribution in [0.4, 0.5) is 4.39 Å². The maximum absolute atomic E-state index is 13.9. The number of rotatable bonds is 6. The molecule has 28 heavy (non-hydrogen) atoms. The Balaban J connectivity index is 2.81. The maximum Gasteiger partial charge on any atom is 0.336 e. The van der Waals surface area contributed by atoms with E-state index in [0.29, 0.717) is 17.7 Å². The van der Waals surface area contributed by atoms with Crippen molar-refractivity contribution in [1.82, 2.24) is 4.90 Å². The number of carbonyl (C=O) groups is 2. The highest BCUT2D eigenvalue weighted by atomic mass is 35.5. The van der Waals surface area contributed by atoms with Crippen molar-refractivity contribution in [2.45, 2.75) is 26.2 Å². The van der Waals surface area contributed by atoms with Crippen molar-refractivity contribution < 1.29 is 23.5 Å². The van der Waals surface area contributed by atoms with Crippen molar-refractivity contribution in [1.29, 1.82) is 0 Å². The molecule has 1 atom stereocenters. The van der Waals surface area contributed by atoms with Crippen molar-refractivity contribution in [2.24, 2.45) is 0 Å². The molecule has 1 aromatic rings. The molecule has 0 radical (unpaired) electrons. The standard InChI is InChI=1S/C20H22Cl2FNO4/c1-5-9-28-20(26)15-11(2)24(3)14(10-23)17(19(25)27-4)16(15)12-7-6-8-13(21)18(12)22/h6-8,16H,5,9-10H2,1-4H3. The van der Waals surface area contributed by atoms with E-state index in [0.717, 1.165) is 0 Å². The fourth-order valence-electron chi connectivity index (χ4n) is 3.18. The molecule has 0 spiro atoms. The highest BCUT2D eigenvalue weighted by Crippen LogP contribution is 2.45. The quantitative estimate of drug-likeness (QED) is 0.616. The van der Waals surface area contributed by atoms with E-state index in [9.17, 15) is 14.0 Å². The summed E-state index contributed by atoms with van der Waals surface area (Å²) in [5.41, 5.74) is 1.14. The number of hydrogen-bond donors (Lipinski definition) is 0. The molecule has 1 aliphatic heterocycles. The number of nitrogens with zero attached hydrogens (tertiary/aromatic N) is 1. The minimum absolute atomic E-state index is 0.00860. The molecular weight excluding hydrogens is 408 g/mol. The van der Waals surface area contributed by atoms with Crippen LogP contribution in [-0.4, -0.2) is 44.3 Å². The van der Waals surface area contributed by atoms with E-state index in [2.05, 4.69) is 0 Å². The third-order valence-electron chi connectivity index (χ3n) is 4.67. The number of ether oxygens (including phenoxy) is 2. The summed E-state index contributed by atoms with van der Waals surface area (Å²) in [6, 6.07) is 4.88. The van der Waals surface area contributed by atoms with E-state index in [4.69, 9.17) is 32.7 Å². The topological polar surface area (TPSA) is 55.8 Å². The molecule has 0 bridgehead atoms. The van der Waals surface area contributed by atoms with Gasteiger partial charge >= 0.3 is 11.9 Å². The van der Waals surface area contributed by atoms with Gasteiger partial charge in [0.25, 0.3) is 0 Å². The van der Waals surface area contributed by atoms with Gasteiger partial charge in [0.05, 0.1) is 46.5 Å². The normalized spacial score (nSPS) is 17.1. The van der Waals surface area contributed by atoms with Crippen LogP contribution in [0.5, 0.6) is 0 Å². The first-order chi connectivity index (χ1) is 13.3. The van der Waals surface area contributed by atoms with E-state index in [1.807, 2.05) is 6.92 Å². The van der Waals surface area contributed by atoms with Crippen LogP contribution in [0.1, 0.15) is 31.7 Å². The number of allylic oxidation sites excluding steroid dienone is 2. The number of methoxy groups -OCH3 is 1. The molecule has 152 valence electrons. The van der Waals surface area contributed by atoms with Crippen LogP contribution in [0.25, 0.3) is 0 Å². The second-order valence-corrected chi connectivity index (χ2v) is 7.04. The lowest BCUT2D eigenvalue weighted by molar-refractivity contribution is -0.139. The number of halogens is 3. The van der Waals surface area contributed by atoms with Gasteiger partial charge in [-0.15, -0.1) is 0 Å². The van der Waals surface area contributed by atoms with Crippen LogP contribution in [-0.2, 0) is 19.1 Å². The Kier molecular flexibility index (Phi) is 7.49. The van der Waals surface area contributed by atoms with Gasteiger partial charge in [-0.05, 0) is 25.0 Å². The van der Waals surface area contributed by atoms with Crippen molar-refractivity contribution in [2.75, 3.05) is 27.4 Å². The second-order valence-electron chi connectivity index (χ2n) is 6.26. The highest BCUT2D eigenvalue weighted by Gasteiger charge is 2.41. The van der Waals surface area contributed by atoms with Crippen LogP contribution in [0, 0.1) is 0 Å². The summed E-state index contributed by atoms with van der Waals surface area (Å²) in [5, 5.41) is 0.426. The number of carbonyl (C=O) groups excluding carboxylic acids is 2. The van der Waals surface area contributed by atoms with Gasteiger partial charge in [-0.1, -0.05) is 42.3 Å². The van der Waals surface area contributed by atoms with E-state index in [1.54, 1.807) is 32.2 Å². The zero-order valence-corrected chi connectivity index (χ0v) is 17.7. The van der Waals surface area contributed by atoms with Crippen LogP contribution in [0.2, 0.25) is 10.0 Å². The molecule has 0 saturated carbocycles. The average Bonchev–Trinajstić information content (AvgIpc) is 2.69. The summed E-state index contributed by atoms with van der Waals surface area (Å²) in [5.74, 6) is -2.33. The summed E-state index contributed by atoms with van der Waals surface area (Å²) >= 11 is 12.6. The van der Waals surface area contributed by atoms with Gasteiger partial charge < -0.3 is 14.4 Å². The van der Waals surface area contributed by atoms with Crippen LogP contribution in [0.15, 0.2) is 40.7 Å². The predicted octanol–water partition coefficient (Wildman–Crippen LogP) is 4.65. The molecule has 0 saturated heterocycles. The first-order valence-electron chi connectivity index (χ1n) is 8.72. The number of alkyl halides is 1. The first kappa shape index (κ1) is 22.2. The van der Waals surface area contributed by atoms with Crippen LogP contribution >= 0.6 is 23.2 Å². The Morgan fingerprint density at radius 3 is 2.46 bits per heavy atom. The molecule has 0 aromatic heterocycles. The lowest BCUT2D eigenvalue weighted by atomic mass is 9.79. The Morgan fingerprint density at radius 1 is 1.21 bits per heavy atom. The molecule has 5 nitrogen and oxygen atoms in total. The smallest absolute Gasteiger partial charge is 0.336 e. The van der Waals surface area contributed by atoms with E-state index >= 15 is 0 Å². The third kappa shape index (κ3) is 4.03. The van der Waals surface area contributed by atoms with Gasteiger partial charge in [-0.2, -0.15) is 0 Å². The van der Waals surface area contributed by atoms with E-state index < -0.39 is 24.5 Å². The van der Waals surface area contributed by atoms with E-state index in [1.165, 1.54) is 12.0 Å². The minimum Gasteiger partial charge on any atom is -0.466 e. The average molecular weight is 430 g/mol. The zero-order valence-electron chi connectivity index (χ0n) is 16.1. The van der Waals surface area contributed by atoms with Crippen molar-refractivity contribution in [3.8, 4) is 0 Å². The highest BCUT2D eigenvalue weighted by molar-refractivity contribution is 6.42. The fraction of sp³-hybridized carbons (Fsp3) is 0.400. The number of esters is 2.